The molecular formula is C17H22N2O3. The molecule has 22 heavy (non-hydrogen) atoms. The maximum absolute atomic E-state index is 11.8. The number of carbonyl (C=O) groups is 2. The summed E-state index contributed by atoms with van der Waals surface area (Å²) in [5.74, 6) is -0.266. The van der Waals surface area contributed by atoms with Crippen molar-refractivity contribution in [3.05, 3.63) is 41.5 Å². The summed E-state index contributed by atoms with van der Waals surface area (Å²) in [4.78, 5) is 22.7. The van der Waals surface area contributed by atoms with Crippen molar-refractivity contribution in [2.24, 2.45) is 11.7 Å². The van der Waals surface area contributed by atoms with Gasteiger partial charge >= 0.3 is 0 Å². The second-order valence-electron chi connectivity index (χ2n) is 5.75. The second-order valence-corrected chi connectivity index (χ2v) is 5.75. The Balaban J connectivity index is 1.79. The minimum atomic E-state index is -0.469. The number of rotatable bonds is 5. The van der Waals surface area contributed by atoms with E-state index in [1.165, 1.54) is 6.08 Å². The lowest BCUT2D eigenvalue weighted by molar-refractivity contribution is -0.116. The summed E-state index contributed by atoms with van der Waals surface area (Å²) in [5, 5.41) is 12.5. The van der Waals surface area contributed by atoms with Crippen molar-refractivity contribution in [2.45, 2.75) is 31.8 Å². The highest BCUT2D eigenvalue weighted by Crippen LogP contribution is 2.23. The average Bonchev–Trinajstić information content (AvgIpc) is 2.51. The number of nitrogens with one attached hydrogen (secondary N) is 1. The summed E-state index contributed by atoms with van der Waals surface area (Å²) in [5.41, 5.74) is 6.44. The molecule has 1 saturated carbocycles. The minimum absolute atomic E-state index is 0.154. The largest absolute Gasteiger partial charge is 0.393 e. The fraction of sp³-hybridized carbons (Fsp3) is 0.412. The van der Waals surface area contributed by atoms with Crippen LogP contribution in [0, 0.1) is 5.92 Å². The zero-order chi connectivity index (χ0) is 15.9. The second kappa shape index (κ2) is 7.75. The Morgan fingerprint density at radius 2 is 2.00 bits per heavy atom. The van der Waals surface area contributed by atoms with Crippen LogP contribution in [-0.2, 0) is 4.79 Å². The molecule has 1 aromatic carbocycles. The molecule has 118 valence electrons. The Bertz CT molecular complexity index is 552. The van der Waals surface area contributed by atoms with E-state index in [1.54, 1.807) is 30.3 Å². The first-order valence-electron chi connectivity index (χ1n) is 7.58. The van der Waals surface area contributed by atoms with Crippen LogP contribution in [0.4, 0.5) is 0 Å². The van der Waals surface area contributed by atoms with Crippen molar-refractivity contribution in [1.29, 1.82) is 0 Å². The molecule has 0 spiro atoms. The SMILES string of the molecule is NC(=O)c1ccc(/C=C/C(=O)NCC2CCCC(O)C2)cc1. The lowest BCUT2D eigenvalue weighted by atomic mass is 9.87. The third-order valence-electron chi connectivity index (χ3n) is 3.94. The molecular weight excluding hydrogens is 280 g/mol. The molecule has 4 N–H and O–H groups in total. The summed E-state index contributed by atoms with van der Waals surface area (Å²) in [7, 11) is 0. The van der Waals surface area contributed by atoms with Crippen LogP contribution in [0.25, 0.3) is 6.08 Å². The number of primary amides is 1. The van der Waals surface area contributed by atoms with Crippen molar-refractivity contribution in [3.63, 3.8) is 0 Å². The molecule has 2 amide bonds. The molecule has 0 saturated heterocycles. The van der Waals surface area contributed by atoms with Crippen LogP contribution in [0.3, 0.4) is 0 Å². The van der Waals surface area contributed by atoms with Gasteiger partial charge in [-0.15, -0.1) is 0 Å². The number of aliphatic hydroxyl groups is 1. The maximum Gasteiger partial charge on any atom is 0.248 e. The van der Waals surface area contributed by atoms with Crippen molar-refractivity contribution < 1.29 is 14.7 Å². The van der Waals surface area contributed by atoms with Crippen molar-refractivity contribution in [3.8, 4) is 0 Å². The third kappa shape index (κ3) is 5.00. The standard InChI is InChI=1S/C17H22N2O3/c18-17(22)14-7-4-12(5-8-14)6-9-16(21)19-11-13-2-1-3-15(20)10-13/h4-9,13,15,20H,1-3,10-11H2,(H2,18,22)(H,19,21)/b9-6+. The number of nitrogens with two attached hydrogens (primary N) is 1. The van der Waals surface area contributed by atoms with E-state index in [9.17, 15) is 14.7 Å². The van der Waals surface area contributed by atoms with Crippen LogP contribution in [0.2, 0.25) is 0 Å². The van der Waals surface area contributed by atoms with E-state index in [0.29, 0.717) is 18.0 Å². The van der Waals surface area contributed by atoms with Crippen molar-refractivity contribution in [1.82, 2.24) is 5.32 Å². The zero-order valence-electron chi connectivity index (χ0n) is 12.5. The van der Waals surface area contributed by atoms with Gasteiger partial charge in [0, 0.05) is 18.2 Å². The van der Waals surface area contributed by atoms with Gasteiger partial charge in [0.05, 0.1) is 6.10 Å². The van der Waals surface area contributed by atoms with Crippen LogP contribution in [0.1, 0.15) is 41.6 Å². The van der Waals surface area contributed by atoms with E-state index < -0.39 is 5.91 Å². The Hall–Kier alpha value is -2.14. The topological polar surface area (TPSA) is 92.4 Å². The van der Waals surface area contributed by atoms with E-state index in [-0.39, 0.29) is 12.0 Å². The fourth-order valence-electron chi connectivity index (χ4n) is 2.68. The van der Waals surface area contributed by atoms with Crippen molar-refractivity contribution in [2.75, 3.05) is 6.54 Å². The van der Waals surface area contributed by atoms with Gasteiger partial charge in [-0.05, 0) is 49.0 Å². The normalized spacial score (nSPS) is 21.7. The van der Waals surface area contributed by atoms with E-state index in [0.717, 1.165) is 31.2 Å². The molecule has 1 aliphatic carbocycles. The summed E-state index contributed by atoms with van der Waals surface area (Å²) < 4.78 is 0. The van der Waals surface area contributed by atoms with Gasteiger partial charge < -0.3 is 16.2 Å². The third-order valence-corrected chi connectivity index (χ3v) is 3.94. The molecule has 0 radical (unpaired) electrons. The van der Waals surface area contributed by atoms with Crippen LogP contribution < -0.4 is 11.1 Å². The first-order valence-corrected chi connectivity index (χ1v) is 7.58. The van der Waals surface area contributed by atoms with Gasteiger partial charge in [-0.2, -0.15) is 0 Å². The van der Waals surface area contributed by atoms with Crippen LogP contribution in [0.5, 0.6) is 0 Å². The quantitative estimate of drug-likeness (QED) is 0.719. The van der Waals surface area contributed by atoms with E-state index in [2.05, 4.69) is 5.32 Å². The first kappa shape index (κ1) is 16.2. The maximum atomic E-state index is 11.8. The number of carbonyl (C=O) groups excluding carboxylic acids is 2. The molecule has 5 nitrogen and oxygen atoms in total. The highest BCUT2D eigenvalue weighted by Gasteiger charge is 2.20. The fourth-order valence-corrected chi connectivity index (χ4v) is 2.68. The van der Waals surface area contributed by atoms with E-state index >= 15 is 0 Å². The molecule has 0 bridgehead atoms. The molecule has 2 rings (SSSR count). The predicted octanol–water partition coefficient (Wildman–Crippen LogP) is 1.47. The lowest BCUT2D eigenvalue weighted by Crippen LogP contribution is -2.32. The summed E-state index contributed by atoms with van der Waals surface area (Å²) in [6.45, 7) is 0.598. The Morgan fingerprint density at radius 1 is 1.27 bits per heavy atom. The minimum Gasteiger partial charge on any atom is -0.393 e. The number of aliphatic hydroxyl groups excluding tert-OH is 1. The predicted molar refractivity (Wildman–Crippen MR) is 85.0 cm³/mol. The van der Waals surface area contributed by atoms with Crippen LogP contribution >= 0.6 is 0 Å². The molecule has 2 unspecified atom stereocenters. The highest BCUT2D eigenvalue weighted by atomic mass is 16.3. The van der Waals surface area contributed by atoms with Crippen LogP contribution in [-0.4, -0.2) is 29.6 Å². The highest BCUT2D eigenvalue weighted by molar-refractivity contribution is 5.94. The Kier molecular flexibility index (Phi) is 5.72. The molecule has 1 aromatic rings. The van der Waals surface area contributed by atoms with Gasteiger partial charge in [0.15, 0.2) is 0 Å². The van der Waals surface area contributed by atoms with Crippen molar-refractivity contribution >= 4 is 17.9 Å². The summed E-state index contributed by atoms with van der Waals surface area (Å²) in [6, 6.07) is 6.73. The van der Waals surface area contributed by atoms with Gasteiger partial charge in [0.2, 0.25) is 11.8 Å². The molecule has 0 heterocycles. The Labute approximate surface area is 130 Å². The van der Waals surface area contributed by atoms with Gasteiger partial charge in [0.1, 0.15) is 0 Å². The number of amides is 2. The van der Waals surface area contributed by atoms with Gasteiger partial charge in [-0.1, -0.05) is 18.6 Å². The molecule has 5 heteroatoms. The first-order chi connectivity index (χ1) is 10.5. The van der Waals surface area contributed by atoms with E-state index in [1.807, 2.05) is 0 Å². The van der Waals surface area contributed by atoms with E-state index in [4.69, 9.17) is 5.73 Å². The van der Waals surface area contributed by atoms with Gasteiger partial charge in [0.25, 0.3) is 0 Å². The molecule has 0 aliphatic heterocycles. The van der Waals surface area contributed by atoms with Gasteiger partial charge in [-0.3, -0.25) is 9.59 Å². The lowest BCUT2D eigenvalue weighted by Gasteiger charge is -2.25. The number of benzene rings is 1. The smallest absolute Gasteiger partial charge is 0.248 e. The molecule has 1 fully saturated rings. The summed E-state index contributed by atoms with van der Waals surface area (Å²) in [6.07, 6.45) is 6.63. The number of hydrogen-bond acceptors (Lipinski definition) is 3. The average molecular weight is 302 g/mol. The van der Waals surface area contributed by atoms with Gasteiger partial charge in [-0.25, -0.2) is 0 Å². The molecule has 2 atom stereocenters. The van der Waals surface area contributed by atoms with Crippen LogP contribution in [0.15, 0.2) is 30.3 Å². The zero-order valence-corrected chi connectivity index (χ0v) is 12.5. The molecule has 1 aliphatic rings. The number of hydrogen-bond donors (Lipinski definition) is 3. The monoisotopic (exact) mass is 302 g/mol. The summed E-state index contributed by atoms with van der Waals surface area (Å²) >= 11 is 0. The Morgan fingerprint density at radius 3 is 2.64 bits per heavy atom. The molecule has 0 aromatic heterocycles.